The van der Waals surface area contributed by atoms with E-state index in [0.29, 0.717) is 27.9 Å². The predicted molar refractivity (Wildman–Crippen MR) is 105 cm³/mol. The van der Waals surface area contributed by atoms with Crippen LogP contribution < -0.4 is 5.56 Å². The number of nitrogens with one attached hydrogen (secondary N) is 1. The lowest BCUT2D eigenvalue weighted by Gasteiger charge is -2.13. The first-order valence-corrected chi connectivity index (χ1v) is 9.04. The highest BCUT2D eigenvalue weighted by Gasteiger charge is 2.13. The van der Waals surface area contributed by atoms with Gasteiger partial charge in [0.2, 0.25) is 5.78 Å². The lowest BCUT2D eigenvalue weighted by molar-refractivity contribution is 0.0265. The zero-order valence-electron chi connectivity index (χ0n) is 14.7. The van der Waals surface area contributed by atoms with Crippen LogP contribution in [-0.2, 0) is 11.3 Å². The number of aromatic amines is 1. The Morgan fingerprint density at radius 2 is 1.89 bits per heavy atom. The number of H-pyrrole nitrogens is 1. The van der Waals surface area contributed by atoms with Gasteiger partial charge in [0.05, 0.1) is 13.2 Å². The smallest absolute Gasteiger partial charge is 0.275 e. The largest absolute Gasteiger partial charge is 0.386 e. The van der Waals surface area contributed by atoms with Gasteiger partial charge in [-0.05, 0) is 6.07 Å². The molecule has 142 valence electrons. The van der Waals surface area contributed by atoms with Crippen molar-refractivity contribution in [1.29, 1.82) is 0 Å². The molecule has 0 saturated heterocycles. The summed E-state index contributed by atoms with van der Waals surface area (Å²) in [5.41, 5.74) is 1.64. The van der Waals surface area contributed by atoms with Crippen LogP contribution in [0.3, 0.4) is 0 Å². The highest BCUT2D eigenvalue weighted by Crippen LogP contribution is 2.22. The summed E-state index contributed by atoms with van der Waals surface area (Å²) in [7, 11) is 0. The van der Waals surface area contributed by atoms with Crippen LogP contribution in [0.2, 0.25) is 5.02 Å². The van der Waals surface area contributed by atoms with Crippen LogP contribution in [0.1, 0.15) is 17.4 Å². The number of nitrogens with zero attached hydrogens (tertiary/aromatic N) is 3. The van der Waals surface area contributed by atoms with Crippen molar-refractivity contribution >= 4 is 17.4 Å². The van der Waals surface area contributed by atoms with Gasteiger partial charge in [-0.1, -0.05) is 60.1 Å². The first-order chi connectivity index (χ1) is 13.6. The maximum atomic E-state index is 12.3. The number of hydrogen-bond acceptors (Lipinski definition) is 5. The molecule has 0 radical (unpaired) electrons. The lowest BCUT2D eigenvalue weighted by Crippen LogP contribution is -2.17. The molecule has 2 heterocycles. The van der Waals surface area contributed by atoms with Gasteiger partial charge in [-0.15, -0.1) is 5.10 Å². The molecule has 7 nitrogen and oxygen atoms in total. The number of ether oxygens (including phenoxy) is 1. The third-order valence-corrected chi connectivity index (χ3v) is 4.56. The summed E-state index contributed by atoms with van der Waals surface area (Å²) in [5.74, 6) is 0.790. The summed E-state index contributed by atoms with van der Waals surface area (Å²) in [6, 6.07) is 17.9. The Bertz CT molecular complexity index is 1160. The first kappa shape index (κ1) is 18.4. The van der Waals surface area contributed by atoms with E-state index in [0.717, 1.165) is 5.56 Å². The average Bonchev–Trinajstić information content (AvgIpc) is 3.14. The molecule has 0 fully saturated rings. The summed E-state index contributed by atoms with van der Waals surface area (Å²) in [6.07, 6.45) is -0.859. The van der Waals surface area contributed by atoms with Crippen molar-refractivity contribution in [3.05, 3.63) is 87.3 Å². The van der Waals surface area contributed by atoms with Crippen molar-refractivity contribution in [3.8, 4) is 11.4 Å². The standard InChI is InChI=1S/C20H17ClN4O3/c21-16-9-5-4-8-15(16)17(26)12-28-11-14-10-18(27)25-20(22-14)23-19(24-25)13-6-2-1-3-7-13/h1-10,17,26H,11-12H2,(H,22,23,24). The average molecular weight is 397 g/mol. The molecule has 1 atom stereocenters. The SMILES string of the molecule is O=c1cc(COCC(O)c2ccccc2Cl)[nH]c2nc(-c3ccccc3)nn12. The minimum absolute atomic E-state index is 0.0406. The molecule has 28 heavy (non-hydrogen) atoms. The maximum absolute atomic E-state index is 12.3. The third-order valence-electron chi connectivity index (χ3n) is 4.22. The van der Waals surface area contributed by atoms with E-state index in [4.69, 9.17) is 16.3 Å². The fourth-order valence-electron chi connectivity index (χ4n) is 2.84. The Kier molecular flexibility index (Phi) is 5.21. The monoisotopic (exact) mass is 396 g/mol. The molecule has 4 rings (SSSR count). The van der Waals surface area contributed by atoms with E-state index >= 15 is 0 Å². The number of benzene rings is 2. The Labute approximate surface area is 165 Å². The van der Waals surface area contributed by atoms with Crippen molar-refractivity contribution in [2.75, 3.05) is 6.61 Å². The minimum Gasteiger partial charge on any atom is -0.386 e. The predicted octanol–water partition coefficient (Wildman–Crippen LogP) is 2.99. The number of halogens is 1. The van der Waals surface area contributed by atoms with Gasteiger partial charge in [0.1, 0.15) is 6.10 Å². The van der Waals surface area contributed by atoms with Crippen LogP contribution in [0.15, 0.2) is 65.5 Å². The van der Waals surface area contributed by atoms with Gasteiger partial charge in [-0.2, -0.15) is 9.50 Å². The zero-order chi connectivity index (χ0) is 19.5. The van der Waals surface area contributed by atoms with Crippen molar-refractivity contribution in [2.24, 2.45) is 0 Å². The van der Waals surface area contributed by atoms with Gasteiger partial charge in [0.15, 0.2) is 5.82 Å². The number of aliphatic hydroxyl groups excluding tert-OH is 1. The molecule has 0 aliphatic rings. The van der Waals surface area contributed by atoms with Gasteiger partial charge in [-0.25, -0.2) is 0 Å². The number of rotatable bonds is 6. The second-order valence-electron chi connectivity index (χ2n) is 6.22. The Hall–Kier alpha value is -3.00. The lowest BCUT2D eigenvalue weighted by atomic mass is 10.1. The summed E-state index contributed by atoms with van der Waals surface area (Å²) < 4.78 is 6.76. The molecule has 2 aromatic heterocycles. The van der Waals surface area contributed by atoms with Crippen LogP contribution in [0.25, 0.3) is 17.2 Å². The molecular formula is C20H17ClN4O3. The topological polar surface area (TPSA) is 92.5 Å². The highest BCUT2D eigenvalue weighted by atomic mass is 35.5. The van der Waals surface area contributed by atoms with Crippen LogP contribution in [0.5, 0.6) is 0 Å². The molecule has 0 aliphatic carbocycles. The second kappa shape index (κ2) is 7.93. The molecule has 0 amide bonds. The van der Waals surface area contributed by atoms with Gasteiger partial charge < -0.3 is 14.8 Å². The molecule has 2 aromatic carbocycles. The Balaban J connectivity index is 1.49. The van der Waals surface area contributed by atoms with Crippen LogP contribution in [0.4, 0.5) is 0 Å². The summed E-state index contributed by atoms with van der Waals surface area (Å²) in [5, 5.41) is 15.0. The number of hydrogen-bond donors (Lipinski definition) is 2. The minimum atomic E-state index is -0.859. The van der Waals surface area contributed by atoms with E-state index in [9.17, 15) is 9.90 Å². The van der Waals surface area contributed by atoms with E-state index < -0.39 is 6.10 Å². The van der Waals surface area contributed by atoms with Crippen LogP contribution >= 0.6 is 11.6 Å². The quantitative estimate of drug-likeness (QED) is 0.522. The first-order valence-electron chi connectivity index (χ1n) is 8.66. The third kappa shape index (κ3) is 3.82. The van der Waals surface area contributed by atoms with E-state index in [1.807, 2.05) is 30.3 Å². The van der Waals surface area contributed by atoms with Crippen molar-refractivity contribution < 1.29 is 9.84 Å². The van der Waals surface area contributed by atoms with Gasteiger partial charge >= 0.3 is 0 Å². The highest BCUT2D eigenvalue weighted by molar-refractivity contribution is 6.31. The van der Waals surface area contributed by atoms with Crippen LogP contribution in [-0.4, -0.2) is 31.3 Å². The Morgan fingerprint density at radius 3 is 2.68 bits per heavy atom. The normalized spacial score (nSPS) is 12.4. The zero-order valence-corrected chi connectivity index (χ0v) is 15.5. The summed E-state index contributed by atoms with van der Waals surface area (Å²) in [6.45, 7) is 0.152. The van der Waals surface area contributed by atoms with Crippen molar-refractivity contribution in [2.45, 2.75) is 12.7 Å². The molecule has 2 N–H and O–H groups in total. The van der Waals surface area contributed by atoms with E-state index in [1.165, 1.54) is 10.6 Å². The van der Waals surface area contributed by atoms with Gasteiger partial charge in [0.25, 0.3) is 5.56 Å². The fourth-order valence-corrected chi connectivity index (χ4v) is 3.10. The van der Waals surface area contributed by atoms with E-state index in [-0.39, 0.29) is 18.8 Å². The fraction of sp³-hybridized carbons (Fsp3) is 0.150. The number of aliphatic hydroxyl groups is 1. The van der Waals surface area contributed by atoms with Gasteiger partial charge in [0, 0.05) is 27.9 Å². The van der Waals surface area contributed by atoms with Crippen molar-refractivity contribution in [1.82, 2.24) is 19.6 Å². The molecule has 0 bridgehead atoms. The molecule has 0 spiro atoms. The van der Waals surface area contributed by atoms with Gasteiger partial charge in [-0.3, -0.25) is 4.79 Å². The summed E-state index contributed by atoms with van der Waals surface area (Å²) >= 11 is 6.07. The van der Waals surface area contributed by atoms with E-state index in [1.54, 1.807) is 24.3 Å². The second-order valence-corrected chi connectivity index (χ2v) is 6.63. The van der Waals surface area contributed by atoms with E-state index in [2.05, 4.69) is 15.1 Å². The summed E-state index contributed by atoms with van der Waals surface area (Å²) in [4.78, 5) is 19.7. The number of aromatic nitrogens is 4. The Morgan fingerprint density at radius 1 is 1.14 bits per heavy atom. The molecule has 0 saturated carbocycles. The maximum Gasteiger partial charge on any atom is 0.275 e. The molecule has 4 aromatic rings. The molecule has 8 heteroatoms. The number of fused-ring (bicyclic) bond motifs is 1. The van der Waals surface area contributed by atoms with Crippen LogP contribution in [0, 0.1) is 0 Å². The van der Waals surface area contributed by atoms with Crippen molar-refractivity contribution in [3.63, 3.8) is 0 Å². The molecule has 0 aliphatic heterocycles. The molecular weight excluding hydrogens is 380 g/mol. The molecule has 1 unspecified atom stereocenters.